The zero-order chi connectivity index (χ0) is 14.5. The van der Waals surface area contributed by atoms with E-state index in [-0.39, 0.29) is 11.8 Å². The molecular weight excluding hydrogens is 367 g/mol. The van der Waals surface area contributed by atoms with Crippen molar-refractivity contribution in [3.8, 4) is 0 Å². The van der Waals surface area contributed by atoms with Crippen LogP contribution in [0.4, 0.5) is 5.69 Å². The number of rotatable bonds is 3. The monoisotopic (exact) mass is 380 g/mol. The van der Waals surface area contributed by atoms with Crippen LogP contribution in [-0.4, -0.2) is 18.9 Å². The molecular formula is C15H13IN2O2. The summed E-state index contributed by atoms with van der Waals surface area (Å²) in [5.41, 5.74) is 1.84. The van der Waals surface area contributed by atoms with Gasteiger partial charge in [0.05, 0.1) is 5.56 Å². The van der Waals surface area contributed by atoms with Gasteiger partial charge in [0.2, 0.25) is 0 Å². The van der Waals surface area contributed by atoms with Crippen molar-refractivity contribution in [3.63, 3.8) is 0 Å². The van der Waals surface area contributed by atoms with Crippen LogP contribution in [0.2, 0.25) is 0 Å². The Kier molecular flexibility index (Phi) is 4.73. The molecule has 0 spiro atoms. The lowest BCUT2D eigenvalue weighted by Crippen LogP contribution is -2.18. The third-order valence-electron chi connectivity index (χ3n) is 2.75. The van der Waals surface area contributed by atoms with Gasteiger partial charge in [-0.1, -0.05) is 12.1 Å². The first-order valence-electron chi connectivity index (χ1n) is 6.00. The van der Waals surface area contributed by atoms with Gasteiger partial charge in [0.15, 0.2) is 0 Å². The fraction of sp³-hybridized carbons (Fsp3) is 0.0667. The first kappa shape index (κ1) is 14.5. The van der Waals surface area contributed by atoms with Crippen LogP contribution in [0.15, 0.2) is 48.5 Å². The number of hydrogen-bond donors (Lipinski definition) is 2. The van der Waals surface area contributed by atoms with E-state index in [9.17, 15) is 9.59 Å². The molecule has 0 fully saturated rings. The SMILES string of the molecule is CNC(=O)c1ccc(NC(=O)c2ccccc2I)cc1. The Bertz CT molecular complexity index is 639. The molecule has 0 heterocycles. The quantitative estimate of drug-likeness (QED) is 0.805. The third kappa shape index (κ3) is 3.36. The summed E-state index contributed by atoms with van der Waals surface area (Å²) in [7, 11) is 1.58. The van der Waals surface area contributed by atoms with Crippen molar-refractivity contribution in [2.75, 3.05) is 12.4 Å². The molecule has 0 aliphatic heterocycles. The van der Waals surface area contributed by atoms with E-state index in [0.717, 1.165) is 3.57 Å². The molecule has 0 atom stereocenters. The third-order valence-corrected chi connectivity index (χ3v) is 3.69. The summed E-state index contributed by atoms with van der Waals surface area (Å²) in [6, 6.07) is 14.1. The Morgan fingerprint density at radius 3 is 2.20 bits per heavy atom. The van der Waals surface area contributed by atoms with Crippen molar-refractivity contribution in [1.29, 1.82) is 0 Å². The van der Waals surface area contributed by atoms with Crippen LogP contribution >= 0.6 is 22.6 Å². The minimum atomic E-state index is -0.164. The van der Waals surface area contributed by atoms with Crippen LogP contribution in [0.1, 0.15) is 20.7 Å². The second-order valence-corrected chi connectivity index (χ2v) is 5.25. The van der Waals surface area contributed by atoms with Gasteiger partial charge in [-0.15, -0.1) is 0 Å². The molecule has 0 aromatic heterocycles. The van der Waals surface area contributed by atoms with Gasteiger partial charge >= 0.3 is 0 Å². The van der Waals surface area contributed by atoms with Crippen LogP contribution in [0.3, 0.4) is 0 Å². The van der Waals surface area contributed by atoms with Crippen molar-refractivity contribution in [3.05, 3.63) is 63.2 Å². The average Bonchev–Trinajstić information content (AvgIpc) is 2.47. The lowest BCUT2D eigenvalue weighted by Gasteiger charge is -2.07. The largest absolute Gasteiger partial charge is 0.355 e. The molecule has 102 valence electrons. The molecule has 0 aliphatic carbocycles. The molecule has 2 aromatic carbocycles. The van der Waals surface area contributed by atoms with Gasteiger partial charge in [-0.2, -0.15) is 0 Å². The summed E-state index contributed by atoms with van der Waals surface area (Å²) in [6.07, 6.45) is 0. The first-order valence-corrected chi connectivity index (χ1v) is 7.07. The Hall–Kier alpha value is -1.89. The molecule has 2 aromatic rings. The zero-order valence-corrected chi connectivity index (χ0v) is 13.0. The van der Waals surface area contributed by atoms with Crippen molar-refractivity contribution in [2.45, 2.75) is 0 Å². The summed E-state index contributed by atoms with van der Waals surface area (Å²) >= 11 is 2.12. The summed E-state index contributed by atoms with van der Waals surface area (Å²) in [5.74, 6) is -0.317. The maximum Gasteiger partial charge on any atom is 0.256 e. The van der Waals surface area contributed by atoms with Crippen molar-refractivity contribution in [2.24, 2.45) is 0 Å². The van der Waals surface area contributed by atoms with Crippen molar-refractivity contribution in [1.82, 2.24) is 5.32 Å². The molecule has 2 amide bonds. The Balaban J connectivity index is 2.13. The molecule has 5 heteroatoms. The highest BCUT2D eigenvalue weighted by molar-refractivity contribution is 14.1. The number of halogens is 1. The molecule has 0 unspecified atom stereocenters. The highest BCUT2D eigenvalue weighted by Crippen LogP contribution is 2.15. The normalized spacial score (nSPS) is 9.90. The van der Waals surface area contributed by atoms with E-state index >= 15 is 0 Å². The lowest BCUT2D eigenvalue weighted by molar-refractivity contribution is 0.0962. The number of nitrogens with one attached hydrogen (secondary N) is 2. The summed E-state index contributed by atoms with van der Waals surface area (Å²) in [5, 5.41) is 5.36. The van der Waals surface area contributed by atoms with E-state index in [1.807, 2.05) is 18.2 Å². The number of hydrogen-bond acceptors (Lipinski definition) is 2. The van der Waals surface area contributed by atoms with Crippen molar-refractivity contribution < 1.29 is 9.59 Å². The standard InChI is InChI=1S/C15H13IN2O2/c1-17-14(19)10-6-8-11(9-7-10)18-15(20)12-4-2-3-5-13(12)16/h2-9H,1H3,(H,17,19)(H,18,20). The van der Waals surface area contributed by atoms with Gasteiger partial charge in [-0.05, 0) is 59.0 Å². The molecule has 2 N–H and O–H groups in total. The van der Waals surface area contributed by atoms with Gasteiger partial charge in [0.25, 0.3) is 11.8 Å². The minimum Gasteiger partial charge on any atom is -0.355 e. The van der Waals surface area contributed by atoms with Crippen LogP contribution in [0, 0.1) is 3.57 Å². The predicted octanol–water partition coefficient (Wildman–Crippen LogP) is 2.90. The Morgan fingerprint density at radius 1 is 0.950 bits per heavy atom. The Labute approximate surface area is 130 Å². The molecule has 0 saturated carbocycles. The fourth-order valence-electron chi connectivity index (χ4n) is 1.69. The van der Waals surface area contributed by atoms with Crippen LogP contribution < -0.4 is 10.6 Å². The van der Waals surface area contributed by atoms with Crippen LogP contribution in [-0.2, 0) is 0 Å². The van der Waals surface area contributed by atoms with Gasteiger partial charge in [0, 0.05) is 21.9 Å². The van der Waals surface area contributed by atoms with Crippen molar-refractivity contribution >= 4 is 40.1 Å². The van der Waals surface area contributed by atoms with E-state index in [4.69, 9.17) is 0 Å². The Morgan fingerprint density at radius 2 is 1.60 bits per heavy atom. The number of carbonyl (C=O) groups is 2. The number of benzene rings is 2. The zero-order valence-electron chi connectivity index (χ0n) is 10.8. The van der Waals surface area contributed by atoms with E-state index in [1.165, 1.54) is 0 Å². The van der Waals surface area contributed by atoms with E-state index in [0.29, 0.717) is 16.8 Å². The molecule has 20 heavy (non-hydrogen) atoms. The second-order valence-electron chi connectivity index (χ2n) is 4.09. The predicted molar refractivity (Wildman–Crippen MR) is 86.9 cm³/mol. The van der Waals surface area contributed by atoms with E-state index < -0.39 is 0 Å². The minimum absolute atomic E-state index is 0.152. The summed E-state index contributed by atoms with van der Waals surface area (Å²) in [4.78, 5) is 23.5. The highest BCUT2D eigenvalue weighted by Gasteiger charge is 2.09. The van der Waals surface area contributed by atoms with Gasteiger partial charge in [-0.25, -0.2) is 0 Å². The second kappa shape index (κ2) is 6.51. The molecule has 0 aliphatic rings. The first-order chi connectivity index (χ1) is 9.61. The molecule has 0 saturated heterocycles. The highest BCUT2D eigenvalue weighted by atomic mass is 127. The van der Waals surface area contributed by atoms with Gasteiger partial charge < -0.3 is 10.6 Å². The van der Waals surface area contributed by atoms with E-state index in [2.05, 4.69) is 33.2 Å². The number of carbonyl (C=O) groups excluding carboxylic acids is 2. The summed E-state index contributed by atoms with van der Waals surface area (Å²) in [6.45, 7) is 0. The maximum absolute atomic E-state index is 12.1. The average molecular weight is 380 g/mol. The van der Waals surface area contributed by atoms with Crippen LogP contribution in [0.5, 0.6) is 0 Å². The van der Waals surface area contributed by atoms with Crippen LogP contribution in [0.25, 0.3) is 0 Å². The van der Waals surface area contributed by atoms with Gasteiger partial charge in [0.1, 0.15) is 0 Å². The van der Waals surface area contributed by atoms with Gasteiger partial charge in [-0.3, -0.25) is 9.59 Å². The number of amides is 2. The molecule has 0 radical (unpaired) electrons. The maximum atomic E-state index is 12.1. The smallest absolute Gasteiger partial charge is 0.256 e. The molecule has 2 rings (SSSR count). The molecule has 4 nitrogen and oxygen atoms in total. The van der Waals surface area contributed by atoms with E-state index in [1.54, 1.807) is 37.4 Å². The number of anilines is 1. The molecule has 0 bridgehead atoms. The lowest BCUT2D eigenvalue weighted by atomic mass is 10.1. The summed E-state index contributed by atoms with van der Waals surface area (Å²) < 4.78 is 0.893. The topological polar surface area (TPSA) is 58.2 Å². The fourth-order valence-corrected chi connectivity index (χ4v) is 2.33.